The topological polar surface area (TPSA) is 18.5 Å². The first-order valence-corrected chi connectivity index (χ1v) is 5.91. The predicted octanol–water partition coefficient (Wildman–Crippen LogP) is 3.89. The number of halogens is 2. The Morgan fingerprint density at radius 2 is 1.88 bits per heavy atom. The van der Waals surface area contributed by atoms with Gasteiger partial charge in [-0.05, 0) is 43.7 Å². The van der Waals surface area contributed by atoms with Crippen LogP contribution in [0.2, 0.25) is 5.02 Å². The molecule has 0 amide bonds. The van der Waals surface area contributed by atoms with Crippen LogP contribution in [0, 0.1) is 5.82 Å². The highest BCUT2D eigenvalue weighted by Crippen LogP contribution is 2.15. The Kier molecular flexibility index (Phi) is 6.19. The average molecular weight is 259 g/mol. The highest BCUT2D eigenvalue weighted by atomic mass is 35.5. The van der Waals surface area contributed by atoms with Gasteiger partial charge in [-0.3, -0.25) is 0 Å². The second-order valence-electron chi connectivity index (χ2n) is 3.34. The Labute approximate surface area is 106 Å². The van der Waals surface area contributed by atoms with Gasteiger partial charge in [-0.25, -0.2) is 4.39 Å². The summed E-state index contributed by atoms with van der Waals surface area (Å²) in [5.41, 5.74) is 0.680. The normalized spacial score (nSPS) is 11.6. The first-order chi connectivity index (χ1) is 8.15. The molecule has 4 heteroatoms. The molecule has 0 atom stereocenters. The lowest BCUT2D eigenvalue weighted by molar-refractivity contribution is -0.103. The largest absolute Gasteiger partial charge is 0.349 e. The summed E-state index contributed by atoms with van der Waals surface area (Å²) in [5.74, 6) is -0.360. The van der Waals surface area contributed by atoms with Crippen molar-refractivity contribution in [2.45, 2.75) is 20.1 Å². The fourth-order valence-electron chi connectivity index (χ4n) is 1.35. The average Bonchev–Trinajstić information content (AvgIpc) is 2.25. The van der Waals surface area contributed by atoms with Gasteiger partial charge in [-0.2, -0.15) is 0 Å². The van der Waals surface area contributed by atoms with Crippen LogP contribution in [-0.4, -0.2) is 19.5 Å². The van der Waals surface area contributed by atoms with Crippen molar-refractivity contribution in [3.63, 3.8) is 0 Å². The predicted molar refractivity (Wildman–Crippen MR) is 67.5 cm³/mol. The SMILES string of the molecule is CCOC(/C=C/c1cc(F)cc(Cl)c1)OCC. The van der Waals surface area contributed by atoms with E-state index < -0.39 is 6.29 Å². The minimum absolute atomic E-state index is 0.360. The van der Waals surface area contributed by atoms with E-state index in [-0.39, 0.29) is 5.82 Å². The highest BCUT2D eigenvalue weighted by Gasteiger charge is 2.02. The zero-order valence-electron chi connectivity index (χ0n) is 9.95. The molecule has 2 nitrogen and oxygen atoms in total. The van der Waals surface area contributed by atoms with E-state index in [1.807, 2.05) is 13.8 Å². The molecule has 1 rings (SSSR count). The van der Waals surface area contributed by atoms with Gasteiger partial charge in [0, 0.05) is 18.2 Å². The van der Waals surface area contributed by atoms with E-state index in [9.17, 15) is 4.39 Å². The van der Waals surface area contributed by atoms with Crippen molar-refractivity contribution in [1.29, 1.82) is 0 Å². The van der Waals surface area contributed by atoms with Crippen LogP contribution in [0.1, 0.15) is 19.4 Å². The number of benzene rings is 1. The van der Waals surface area contributed by atoms with Gasteiger partial charge in [0.15, 0.2) is 6.29 Å². The molecule has 0 fully saturated rings. The van der Waals surface area contributed by atoms with Crippen LogP contribution in [0.5, 0.6) is 0 Å². The van der Waals surface area contributed by atoms with Crippen molar-refractivity contribution in [1.82, 2.24) is 0 Å². The molecule has 0 bridgehead atoms. The second kappa shape index (κ2) is 7.43. The number of hydrogen-bond donors (Lipinski definition) is 0. The molecule has 0 aliphatic carbocycles. The van der Waals surface area contributed by atoms with Gasteiger partial charge < -0.3 is 9.47 Å². The standard InChI is InChI=1S/C13H16ClFO2/c1-3-16-13(17-4-2)6-5-10-7-11(14)9-12(15)8-10/h5-9,13H,3-4H2,1-2H3/b6-5+. The maximum Gasteiger partial charge on any atom is 0.177 e. The Hall–Kier alpha value is -0.900. The lowest BCUT2D eigenvalue weighted by Gasteiger charge is -2.12. The summed E-state index contributed by atoms with van der Waals surface area (Å²) in [6, 6.07) is 4.34. The van der Waals surface area contributed by atoms with Crippen molar-refractivity contribution in [3.8, 4) is 0 Å². The van der Waals surface area contributed by atoms with E-state index in [2.05, 4.69) is 0 Å². The third-order valence-corrected chi connectivity index (χ3v) is 2.21. The molecule has 94 valence electrons. The Bertz CT molecular complexity index is 353. The van der Waals surface area contributed by atoms with Gasteiger partial charge in [0.25, 0.3) is 0 Å². The monoisotopic (exact) mass is 258 g/mol. The summed E-state index contributed by atoms with van der Waals surface area (Å²) >= 11 is 5.75. The van der Waals surface area contributed by atoms with Gasteiger partial charge >= 0.3 is 0 Å². The maximum absolute atomic E-state index is 13.1. The van der Waals surface area contributed by atoms with Crippen molar-refractivity contribution in [2.24, 2.45) is 0 Å². The van der Waals surface area contributed by atoms with Crippen molar-refractivity contribution in [3.05, 3.63) is 40.7 Å². The zero-order chi connectivity index (χ0) is 12.7. The van der Waals surface area contributed by atoms with E-state index in [1.165, 1.54) is 12.1 Å². The smallest absolute Gasteiger partial charge is 0.177 e. The lowest BCUT2D eigenvalue weighted by atomic mass is 10.2. The van der Waals surface area contributed by atoms with Gasteiger partial charge in [0.2, 0.25) is 0 Å². The van der Waals surface area contributed by atoms with Crippen molar-refractivity contribution >= 4 is 17.7 Å². The van der Waals surface area contributed by atoms with Crippen molar-refractivity contribution in [2.75, 3.05) is 13.2 Å². The molecule has 0 N–H and O–H groups in total. The molecule has 17 heavy (non-hydrogen) atoms. The molecule has 1 aromatic rings. The molecule has 0 aliphatic rings. The molecular formula is C13H16ClFO2. The first-order valence-electron chi connectivity index (χ1n) is 5.53. The fraction of sp³-hybridized carbons (Fsp3) is 0.385. The number of ether oxygens (including phenoxy) is 2. The highest BCUT2D eigenvalue weighted by molar-refractivity contribution is 6.30. The summed E-state index contributed by atoms with van der Waals surface area (Å²) in [5, 5.41) is 0.369. The number of rotatable bonds is 6. The molecule has 0 spiro atoms. The van der Waals surface area contributed by atoms with Gasteiger partial charge in [-0.15, -0.1) is 0 Å². The van der Waals surface area contributed by atoms with Gasteiger partial charge in [0.05, 0.1) is 0 Å². The molecule has 0 radical (unpaired) electrons. The fourth-order valence-corrected chi connectivity index (χ4v) is 1.58. The molecule has 0 aliphatic heterocycles. The molecule has 0 aromatic heterocycles. The van der Waals surface area contributed by atoms with Crippen LogP contribution in [0.4, 0.5) is 4.39 Å². The molecular weight excluding hydrogens is 243 g/mol. The van der Waals surface area contributed by atoms with Gasteiger partial charge in [0.1, 0.15) is 5.82 Å². The number of hydrogen-bond acceptors (Lipinski definition) is 2. The van der Waals surface area contributed by atoms with Crippen LogP contribution in [0.25, 0.3) is 6.08 Å². The van der Waals surface area contributed by atoms with E-state index in [1.54, 1.807) is 18.2 Å². The molecule has 0 heterocycles. The van der Waals surface area contributed by atoms with E-state index >= 15 is 0 Å². The Morgan fingerprint density at radius 3 is 2.41 bits per heavy atom. The zero-order valence-corrected chi connectivity index (χ0v) is 10.7. The summed E-state index contributed by atoms with van der Waals surface area (Å²) in [7, 11) is 0. The minimum atomic E-state index is -0.410. The summed E-state index contributed by atoms with van der Waals surface area (Å²) in [6.45, 7) is 4.88. The summed E-state index contributed by atoms with van der Waals surface area (Å²) in [4.78, 5) is 0. The third kappa shape index (κ3) is 5.31. The quantitative estimate of drug-likeness (QED) is 0.721. The van der Waals surface area contributed by atoms with E-state index in [0.717, 1.165) is 0 Å². The minimum Gasteiger partial charge on any atom is -0.349 e. The van der Waals surface area contributed by atoms with Crippen LogP contribution in [0.15, 0.2) is 24.3 Å². The van der Waals surface area contributed by atoms with Crippen LogP contribution >= 0.6 is 11.6 Å². The van der Waals surface area contributed by atoms with Gasteiger partial charge in [-0.1, -0.05) is 17.7 Å². The van der Waals surface area contributed by atoms with E-state index in [0.29, 0.717) is 23.8 Å². The first kappa shape index (κ1) is 14.2. The van der Waals surface area contributed by atoms with Crippen LogP contribution in [0.3, 0.4) is 0 Å². The lowest BCUT2D eigenvalue weighted by Crippen LogP contribution is -2.13. The molecule has 0 unspecified atom stereocenters. The summed E-state index contributed by atoms with van der Waals surface area (Å²) < 4.78 is 23.7. The van der Waals surface area contributed by atoms with Crippen LogP contribution < -0.4 is 0 Å². The van der Waals surface area contributed by atoms with Crippen LogP contribution in [-0.2, 0) is 9.47 Å². The Morgan fingerprint density at radius 1 is 1.24 bits per heavy atom. The second-order valence-corrected chi connectivity index (χ2v) is 3.78. The molecule has 1 aromatic carbocycles. The van der Waals surface area contributed by atoms with E-state index in [4.69, 9.17) is 21.1 Å². The molecule has 0 saturated heterocycles. The molecule has 0 saturated carbocycles. The van der Waals surface area contributed by atoms with Crippen molar-refractivity contribution < 1.29 is 13.9 Å². The maximum atomic E-state index is 13.1. The Balaban J connectivity index is 2.72. The summed E-state index contributed by atoms with van der Waals surface area (Å²) in [6.07, 6.45) is 3.05. The third-order valence-electron chi connectivity index (χ3n) is 1.99.